The zero-order chi connectivity index (χ0) is 46.4. The van der Waals surface area contributed by atoms with E-state index in [1.54, 1.807) is 13.8 Å². The van der Waals surface area contributed by atoms with Gasteiger partial charge < -0.3 is 30.7 Å². The number of benzene rings is 2. The SMILES string of the molecule is CC(=O)O[C@H]1CC2C(C3CC[C@H](C(C)CCCNCCCCNc4ccnc5cc(Cl)ccc45)[C@]31C)[C@H](OC(C)=O)C[C@@H]1CC(NCCCCNc3ccnc4cc(Cl)ccc34)CC[C@]21C. The molecule has 5 unspecified atom stereocenters. The molecule has 358 valence electrons. The molecule has 0 spiro atoms. The molecule has 4 aliphatic rings. The van der Waals surface area contributed by atoms with Gasteiger partial charge in [0, 0.05) is 88.9 Å². The zero-order valence-electron chi connectivity index (χ0n) is 40.0. The van der Waals surface area contributed by atoms with Gasteiger partial charge in [-0.3, -0.25) is 19.6 Å². The van der Waals surface area contributed by atoms with Gasteiger partial charge in [0.25, 0.3) is 0 Å². The van der Waals surface area contributed by atoms with Crippen molar-refractivity contribution in [2.75, 3.05) is 43.4 Å². The molecular weight excluding hydrogens is 868 g/mol. The van der Waals surface area contributed by atoms with Crippen molar-refractivity contribution in [1.29, 1.82) is 0 Å². The predicted molar refractivity (Wildman–Crippen MR) is 269 cm³/mol. The average Bonchev–Trinajstić information content (AvgIpc) is 3.65. The van der Waals surface area contributed by atoms with Gasteiger partial charge in [0.15, 0.2) is 0 Å². The van der Waals surface area contributed by atoms with Crippen molar-refractivity contribution in [2.45, 2.75) is 136 Å². The van der Waals surface area contributed by atoms with Gasteiger partial charge in [-0.2, -0.15) is 0 Å². The van der Waals surface area contributed by atoms with Gasteiger partial charge in [-0.1, -0.05) is 44.0 Å². The number of pyridine rings is 2. The van der Waals surface area contributed by atoms with Crippen LogP contribution < -0.4 is 21.3 Å². The summed E-state index contributed by atoms with van der Waals surface area (Å²) < 4.78 is 12.9. The first-order valence-electron chi connectivity index (χ1n) is 25.2. The fraction of sp³-hybridized carbons (Fsp3) is 0.630. The molecule has 0 aliphatic heterocycles. The number of nitrogens with zero attached hydrogens (tertiary/aromatic N) is 2. The van der Waals surface area contributed by atoms with E-state index in [1.165, 1.54) is 0 Å². The number of carbonyl (C=O) groups excluding carboxylic acids is 2. The molecule has 11 atom stereocenters. The lowest BCUT2D eigenvalue weighted by Crippen LogP contribution is -2.63. The molecule has 10 nitrogen and oxygen atoms in total. The maximum Gasteiger partial charge on any atom is 0.302 e. The fourth-order valence-electron chi connectivity index (χ4n) is 13.8. The van der Waals surface area contributed by atoms with Gasteiger partial charge >= 0.3 is 11.9 Å². The number of rotatable bonds is 20. The number of hydrogen-bond acceptors (Lipinski definition) is 10. The Labute approximate surface area is 403 Å². The molecule has 4 saturated carbocycles. The summed E-state index contributed by atoms with van der Waals surface area (Å²) in [6.45, 7) is 15.4. The average molecular weight is 942 g/mol. The summed E-state index contributed by atoms with van der Waals surface area (Å²) >= 11 is 12.4. The number of ether oxygens (including phenoxy) is 2. The third-order valence-electron chi connectivity index (χ3n) is 17.0. The molecule has 8 rings (SSSR count). The van der Waals surface area contributed by atoms with Crippen LogP contribution in [0.4, 0.5) is 11.4 Å². The third-order valence-corrected chi connectivity index (χ3v) is 17.5. The molecule has 4 aromatic rings. The van der Waals surface area contributed by atoms with E-state index in [1.807, 2.05) is 60.9 Å². The minimum absolute atomic E-state index is 0.102. The Kier molecular flexibility index (Phi) is 16.0. The van der Waals surface area contributed by atoms with Crippen molar-refractivity contribution in [2.24, 2.45) is 46.3 Å². The molecular formula is C54H74Cl2N6O4. The monoisotopic (exact) mass is 941 g/mol. The largest absolute Gasteiger partial charge is 0.462 e. The van der Waals surface area contributed by atoms with E-state index in [9.17, 15) is 9.59 Å². The van der Waals surface area contributed by atoms with Gasteiger partial charge in [-0.15, -0.1) is 0 Å². The Hall–Kier alpha value is -3.70. The molecule has 0 bridgehead atoms. The van der Waals surface area contributed by atoms with Gasteiger partial charge in [0.1, 0.15) is 12.2 Å². The summed E-state index contributed by atoms with van der Waals surface area (Å²) in [6.07, 6.45) is 17.4. The summed E-state index contributed by atoms with van der Waals surface area (Å²) in [5.74, 6) is 2.00. The van der Waals surface area contributed by atoms with Crippen molar-refractivity contribution in [3.05, 3.63) is 71.0 Å². The Morgan fingerprint density at radius 2 is 1.33 bits per heavy atom. The molecule has 2 aromatic heterocycles. The predicted octanol–water partition coefficient (Wildman–Crippen LogP) is 11.9. The number of halogens is 2. The number of unbranched alkanes of at least 4 members (excludes halogenated alkanes) is 2. The number of nitrogens with one attached hydrogen (secondary N) is 4. The smallest absolute Gasteiger partial charge is 0.302 e. The van der Waals surface area contributed by atoms with Gasteiger partial charge in [-0.25, -0.2) is 0 Å². The fourth-order valence-corrected chi connectivity index (χ4v) is 14.1. The zero-order valence-corrected chi connectivity index (χ0v) is 41.5. The summed E-state index contributed by atoms with van der Waals surface area (Å²) in [7, 11) is 0. The van der Waals surface area contributed by atoms with Crippen LogP contribution in [-0.4, -0.2) is 72.9 Å². The quantitative estimate of drug-likeness (QED) is 0.0502. The second-order valence-corrected chi connectivity index (χ2v) is 21.7. The number of esters is 2. The summed E-state index contributed by atoms with van der Waals surface area (Å²) in [5.41, 5.74) is 3.95. The number of carbonyl (C=O) groups is 2. The first-order chi connectivity index (χ1) is 31.8. The molecule has 4 fully saturated rings. The van der Waals surface area contributed by atoms with Crippen molar-refractivity contribution in [1.82, 2.24) is 20.6 Å². The number of aromatic nitrogens is 2. The highest BCUT2D eigenvalue weighted by Gasteiger charge is 2.67. The molecule has 2 heterocycles. The van der Waals surface area contributed by atoms with Crippen molar-refractivity contribution in [3.8, 4) is 0 Å². The first kappa shape index (κ1) is 48.7. The van der Waals surface area contributed by atoms with Crippen LogP contribution in [0.3, 0.4) is 0 Å². The highest BCUT2D eigenvalue weighted by Crippen LogP contribution is 2.69. The summed E-state index contributed by atoms with van der Waals surface area (Å²) in [5, 5.41) is 18.4. The molecule has 0 radical (unpaired) electrons. The molecule has 12 heteroatoms. The Morgan fingerprint density at radius 3 is 1.97 bits per heavy atom. The highest BCUT2D eigenvalue weighted by atomic mass is 35.5. The summed E-state index contributed by atoms with van der Waals surface area (Å²) in [4.78, 5) is 34.7. The lowest BCUT2D eigenvalue weighted by atomic mass is 9.43. The second kappa shape index (κ2) is 21.7. The van der Waals surface area contributed by atoms with Crippen LogP contribution in [0.2, 0.25) is 10.0 Å². The maximum absolute atomic E-state index is 12.9. The molecule has 4 N–H and O–H groups in total. The second-order valence-electron chi connectivity index (χ2n) is 20.9. The highest BCUT2D eigenvalue weighted by molar-refractivity contribution is 6.31. The third kappa shape index (κ3) is 10.8. The molecule has 0 amide bonds. The van der Waals surface area contributed by atoms with E-state index in [-0.39, 0.29) is 40.9 Å². The van der Waals surface area contributed by atoms with Crippen LogP contribution in [0.15, 0.2) is 60.9 Å². The van der Waals surface area contributed by atoms with E-state index in [0.717, 1.165) is 149 Å². The molecule has 4 aliphatic carbocycles. The Morgan fingerprint density at radius 1 is 0.727 bits per heavy atom. The van der Waals surface area contributed by atoms with Crippen LogP contribution in [-0.2, 0) is 19.1 Å². The van der Waals surface area contributed by atoms with Crippen molar-refractivity contribution in [3.63, 3.8) is 0 Å². The standard InChI is InChI=1S/C54H74Cl2N6O4/c1-34(11-10-23-57-22-6-7-25-59-46-19-27-61-48-31-38(55)12-14-41(46)48)43-16-17-44-52-45(33-51(54(43,44)5)66-36(3)64)53(4)21-18-40(29-37(53)30-50(52)65-35(2)63)58-24-8-9-26-60-47-20-28-62-49-32-39(56)13-15-42(47)49/h12-15,19-20,27-28,31-32,34,37,40,43-45,50-52,57-58H,6-11,16-18,21-26,29-30,33H2,1-5H3,(H,59,61)(H,60,62)/t34?,37-,40?,43+,44?,45?,50+,51-,52?,53-,54+/m0/s1. The normalized spacial score (nSPS) is 29.7. The topological polar surface area (TPSA) is 127 Å². The van der Waals surface area contributed by atoms with E-state index in [0.29, 0.717) is 45.7 Å². The van der Waals surface area contributed by atoms with Gasteiger partial charge in [0.05, 0.1) is 11.0 Å². The van der Waals surface area contributed by atoms with Crippen LogP contribution in [0, 0.1) is 46.3 Å². The van der Waals surface area contributed by atoms with Crippen molar-refractivity contribution >= 4 is 68.3 Å². The van der Waals surface area contributed by atoms with Crippen molar-refractivity contribution < 1.29 is 19.1 Å². The summed E-state index contributed by atoms with van der Waals surface area (Å²) in [6, 6.07) is 16.2. The minimum Gasteiger partial charge on any atom is -0.462 e. The van der Waals surface area contributed by atoms with E-state index < -0.39 is 0 Å². The van der Waals surface area contributed by atoms with Crippen LogP contribution >= 0.6 is 23.2 Å². The Bertz CT molecular complexity index is 2300. The molecule has 66 heavy (non-hydrogen) atoms. The number of fused-ring (bicyclic) bond motifs is 7. The lowest BCUT2D eigenvalue weighted by Gasteiger charge is -2.64. The van der Waals surface area contributed by atoms with Crippen LogP contribution in [0.1, 0.15) is 118 Å². The minimum atomic E-state index is -0.175. The molecule has 2 aromatic carbocycles. The van der Waals surface area contributed by atoms with E-state index in [4.69, 9.17) is 32.7 Å². The first-order valence-corrected chi connectivity index (χ1v) is 26.0. The lowest BCUT2D eigenvalue weighted by molar-refractivity contribution is -0.220. The maximum atomic E-state index is 12.9. The Balaban J connectivity index is 0.824. The van der Waals surface area contributed by atoms with Gasteiger partial charge in [-0.05, 0) is 187 Å². The number of hydrogen-bond donors (Lipinski definition) is 4. The number of anilines is 2. The molecule has 0 saturated heterocycles. The van der Waals surface area contributed by atoms with Crippen LogP contribution in [0.25, 0.3) is 21.8 Å². The van der Waals surface area contributed by atoms with E-state index >= 15 is 0 Å². The van der Waals surface area contributed by atoms with Crippen LogP contribution in [0.5, 0.6) is 0 Å². The van der Waals surface area contributed by atoms with E-state index in [2.05, 4.69) is 52.0 Å². The van der Waals surface area contributed by atoms with Gasteiger partial charge in [0.2, 0.25) is 0 Å².